The number of carbonyl (C=O) groups is 2. The predicted octanol–water partition coefficient (Wildman–Crippen LogP) is 6.83. The zero-order valence-electron chi connectivity index (χ0n) is 16.8. The van der Waals surface area contributed by atoms with Crippen LogP contribution in [0.2, 0.25) is 0 Å². The van der Waals surface area contributed by atoms with Gasteiger partial charge in [0.2, 0.25) is 0 Å². The summed E-state index contributed by atoms with van der Waals surface area (Å²) in [6.07, 6.45) is 0. The molecule has 6 heteroatoms. The summed E-state index contributed by atoms with van der Waals surface area (Å²) in [6.45, 7) is 0. The molecular formula is C26H18N2O4. The standard InChI is InChI=1S/C26H18N2O4/c29-25(30)19-10-6-17(7-11-19)21-14-15-23(18-8-12-20(13-9-18)26(31)32)24(16-21)28-27-22-4-2-1-3-5-22/h1-16H,(H,29,30)(H,31,32)/b28-27+. The molecule has 156 valence electrons. The molecule has 0 aliphatic heterocycles. The highest BCUT2D eigenvalue weighted by molar-refractivity contribution is 5.90. The number of rotatable bonds is 6. The fourth-order valence-electron chi connectivity index (χ4n) is 3.24. The maximum absolute atomic E-state index is 11.2. The van der Waals surface area contributed by atoms with Crippen LogP contribution in [0.5, 0.6) is 0 Å². The Morgan fingerprint density at radius 1 is 0.562 bits per heavy atom. The minimum atomic E-state index is -0.985. The summed E-state index contributed by atoms with van der Waals surface area (Å²) >= 11 is 0. The number of carboxylic acids is 2. The Balaban J connectivity index is 1.77. The third-order valence-electron chi connectivity index (χ3n) is 4.94. The van der Waals surface area contributed by atoms with E-state index in [1.807, 2.05) is 48.5 Å². The minimum Gasteiger partial charge on any atom is -0.478 e. The van der Waals surface area contributed by atoms with Crippen molar-refractivity contribution in [1.82, 2.24) is 0 Å². The van der Waals surface area contributed by atoms with Crippen LogP contribution in [0.3, 0.4) is 0 Å². The van der Waals surface area contributed by atoms with Gasteiger partial charge in [0, 0.05) is 5.56 Å². The Labute approximate surface area is 184 Å². The summed E-state index contributed by atoms with van der Waals surface area (Å²) in [5, 5.41) is 27.1. The van der Waals surface area contributed by atoms with Gasteiger partial charge in [-0.25, -0.2) is 9.59 Å². The highest BCUT2D eigenvalue weighted by Crippen LogP contribution is 2.35. The number of carboxylic acid groups (broad SMARTS) is 2. The second-order valence-electron chi connectivity index (χ2n) is 7.03. The van der Waals surface area contributed by atoms with Gasteiger partial charge in [-0.3, -0.25) is 0 Å². The van der Waals surface area contributed by atoms with Crippen LogP contribution in [0.15, 0.2) is 107 Å². The molecule has 0 bridgehead atoms. The minimum absolute atomic E-state index is 0.205. The van der Waals surface area contributed by atoms with Crippen LogP contribution in [-0.4, -0.2) is 22.2 Å². The predicted molar refractivity (Wildman–Crippen MR) is 122 cm³/mol. The lowest BCUT2D eigenvalue weighted by molar-refractivity contribution is 0.0686. The number of hydrogen-bond acceptors (Lipinski definition) is 4. The van der Waals surface area contributed by atoms with E-state index in [2.05, 4.69) is 10.2 Å². The summed E-state index contributed by atoms with van der Waals surface area (Å²) in [6, 6.07) is 28.2. The van der Waals surface area contributed by atoms with Crippen molar-refractivity contribution in [3.05, 3.63) is 108 Å². The lowest BCUT2D eigenvalue weighted by Gasteiger charge is -2.10. The van der Waals surface area contributed by atoms with Gasteiger partial charge in [-0.05, 0) is 59.2 Å². The van der Waals surface area contributed by atoms with Gasteiger partial charge in [0.1, 0.15) is 0 Å². The molecule has 0 fully saturated rings. The van der Waals surface area contributed by atoms with Crippen LogP contribution in [0.25, 0.3) is 22.3 Å². The van der Waals surface area contributed by atoms with E-state index < -0.39 is 11.9 Å². The molecule has 4 aromatic rings. The second kappa shape index (κ2) is 9.06. The van der Waals surface area contributed by atoms with E-state index in [-0.39, 0.29) is 11.1 Å². The molecule has 0 spiro atoms. The van der Waals surface area contributed by atoms with E-state index in [4.69, 9.17) is 10.2 Å². The second-order valence-corrected chi connectivity index (χ2v) is 7.03. The summed E-state index contributed by atoms with van der Waals surface area (Å²) in [7, 11) is 0. The molecule has 0 aliphatic carbocycles. The summed E-state index contributed by atoms with van der Waals surface area (Å²) in [4.78, 5) is 22.3. The van der Waals surface area contributed by atoms with E-state index in [1.54, 1.807) is 48.5 Å². The molecule has 0 atom stereocenters. The average molecular weight is 422 g/mol. The van der Waals surface area contributed by atoms with E-state index in [1.165, 1.54) is 0 Å². The van der Waals surface area contributed by atoms with Gasteiger partial charge in [-0.1, -0.05) is 54.6 Å². The zero-order valence-corrected chi connectivity index (χ0v) is 16.8. The molecule has 32 heavy (non-hydrogen) atoms. The molecule has 0 heterocycles. The molecule has 0 amide bonds. The van der Waals surface area contributed by atoms with E-state index in [9.17, 15) is 9.59 Å². The van der Waals surface area contributed by atoms with Crippen LogP contribution < -0.4 is 0 Å². The van der Waals surface area contributed by atoms with Gasteiger partial charge in [-0.2, -0.15) is 5.11 Å². The molecule has 0 radical (unpaired) electrons. The third-order valence-corrected chi connectivity index (χ3v) is 4.94. The quantitative estimate of drug-likeness (QED) is 0.333. The number of hydrogen-bond donors (Lipinski definition) is 2. The first-order valence-corrected chi connectivity index (χ1v) is 9.79. The molecule has 0 aromatic heterocycles. The average Bonchev–Trinajstić information content (AvgIpc) is 2.83. The van der Waals surface area contributed by atoms with Gasteiger partial charge in [-0.15, -0.1) is 5.11 Å². The van der Waals surface area contributed by atoms with Crippen molar-refractivity contribution in [2.45, 2.75) is 0 Å². The first kappa shape index (κ1) is 20.7. The SMILES string of the molecule is O=C(O)c1ccc(-c2ccc(-c3ccc(C(=O)O)cc3)c(/N=N/c3ccccc3)c2)cc1. The molecule has 4 rings (SSSR count). The molecule has 0 unspecified atom stereocenters. The van der Waals surface area contributed by atoms with Crippen molar-refractivity contribution in [3.8, 4) is 22.3 Å². The van der Waals surface area contributed by atoms with Gasteiger partial charge < -0.3 is 10.2 Å². The Morgan fingerprint density at radius 3 is 1.66 bits per heavy atom. The van der Waals surface area contributed by atoms with Crippen LogP contribution in [0.1, 0.15) is 20.7 Å². The van der Waals surface area contributed by atoms with Crippen LogP contribution >= 0.6 is 0 Å². The van der Waals surface area contributed by atoms with Crippen molar-refractivity contribution in [1.29, 1.82) is 0 Å². The van der Waals surface area contributed by atoms with Crippen molar-refractivity contribution >= 4 is 23.3 Å². The molecule has 6 nitrogen and oxygen atoms in total. The normalized spacial score (nSPS) is 10.9. The topological polar surface area (TPSA) is 99.3 Å². The fraction of sp³-hybridized carbons (Fsp3) is 0. The number of benzene rings is 4. The number of azo groups is 1. The lowest BCUT2D eigenvalue weighted by Crippen LogP contribution is -1.95. The van der Waals surface area contributed by atoms with Crippen LogP contribution in [0, 0.1) is 0 Å². The number of aromatic carboxylic acids is 2. The first-order valence-electron chi connectivity index (χ1n) is 9.79. The highest BCUT2D eigenvalue weighted by Gasteiger charge is 2.10. The summed E-state index contributed by atoms with van der Waals surface area (Å²) in [5.74, 6) is -1.96. The highest BCUT2D eigenvalue weighted by atomic mass is 16.4. The molecule has 2 N–H and O–H groups in total. The van der Waals surface area contributed by atoms with Crippen LogP contribution in [0.4, 0.5) is 11.4 Å². The van der Waals surface area contributed by atoms with Crippen molar-refractivity contribution in [3.63, 3.8) is 0 Å². The Hall–Kier alpha value is -4.58. The Morgan fingerprint density at radius 2 is 1.09 bits per heavy atom. The van der Waals surface area contributed by atoms with E-state index >= 15 is 0 Å². The summed E-state index contributed by atoms with van der Waals surface area (Å²) < 4.78 is 0. The molecule has 0 aliphatic rings. The Bertz CT molecular complexity index is 1300. The molecule has 0 saturated carbocycles. The molecular weight excluding hydrogens is 404 g/mol. The van der Waals surface area contributed by atoms with Crippen molar-refractivity contribution < 1.29 is 19.8 Å². The Kier molecular flexibility index (Phi) is 5.85. The van der Waals surface area contributed by atoms with Gasteiger partial charge in [0.15, 0.2) is 0 Å². The smallest absolute Gasteiger partial charge is 0.335 e. The van der Waals surface area contributed by atoms with Gasteiger partial charge >= 0.3 is 11.9 Å². The monoisotopic (exact) mass is 422 g/mol. The van der Waals surface area contributed by atoms with E-state index in [0.717, 1.165) is 22.3 Å². The third kappa shape index (κ3) is 4.60. The molecule has 4 aromatic carbocycles. The molecule has 0 saturated heterocycles. The maximum Gasteiger partial charge on any atom is 0.335 e. The largest absolute Gasteiger partial charge is 0.478 e. The van der Waals surface area contributed by atoms with Crippen molar-refractivity contribution in [2.24, 2.45) is 10.2 Å². The first-order chi connectivity index (χ1) is 15.5. The number of nitrogens with zero attached hydrogens (tertiary/aromatic N) is 2. The van der Waals surface area contributed by atoms with Gasteiger partial charge in [0.25, 0.3) is 0 Å². The summed E-state index contributed by atoms with van der Waals surface area (Å²) in [5.41, 5.74) is 5.04. The van der Waals surface area contributed by atoms with Gasteiger partial charge in [0.05, 0.1) is 22.5 Å². The maximum atomic E-state index is 11.2. The fourth-order valence-corrected chi connectivity index (χ4v) is 3.24. The van der Waals surface area contributed by atoms with E-state index in [0.29, 0.717) is 11.4 Å². The lowest BCUT2D eigenvalue weighted by atomic mass is 9.97. The van der Waals surface area contributed by atoms with Crippen molar-refractivity contribution in [2.75, 3.05) is 0 Å². The zero-order chi connectivity index (χ0) is 22.5. The van der Waals surface area contributed by atoms with Crippen LogP contribution in [-0.2, 0) is 0 Å².